The minimum atomic E-state index is -3.97. The molecule has 0 atom stereocenters. The molecule has 0 saturated carbocycles. The van der Waals surface area contributed by atoms with Crippen molar-refractivity contribution < 1.29 is 17.2 Å². The van der Waals surface area contributed by atoms with Crippen LogP contribution in [0, 0.1) is 23.0 Å². The third kappa shape index (κ3) is 3.42. The molecule has 4 nitrogen and oxygen atoms in total. The Balaban J connectivity index is 2.23. The van der Waals surface area contributed by atoms with Crippen LogP contribution in [0.25, 0.3) is 0 Å². The van der Waals surface area contributed by atoms with E-state index in [9.17, 15) is 17.2 Å². The summed E-state index contributed by atoms with van der Waals surface area (Å²) in [6.45, 7) is -0.583. The molecule has 0 heterocycles. The second-order valence-corrected chi connectivity index (χ2v) is 6.46. The fourth-order valence-corrected chi connectivity index (χ4v) is 2.86. The standard InChI is InChI=1S/C14H9ClF2N2O2S/c15-12-5-6-13(16)11(14(12)17)8-19-22(20,21)10-3-1-9(7-18)2-4-10/h1-6,19H,8H2. The zero-order chi connectivity index (χ0) is 16.3. The van der Waals surface area contributed by atoms with Gasteiger partial charge in [0.2, 0.25) is 10.0 Å². The van der Waals surface area contributed by atoms with Crippen molar-refractivity contribution in [2.24, 2.45) is 0 Å². The first kappa shape index (κ1) is 16.4. The molecule has 2 aromatic rings. The zero-order valence-electron chi connectivity index (χ0n) is 11.0. The number of nitrogens with zero attached hydrogens (tertiary/aromatic N) is 1. The lowest BCUT2D eigenvalue weighted by Crippen LogP contribution is -2.24. The summed E-state index contributed by atoms with van der Waals surface area (Å²) >= 11 is 5.54. The van der Waals surface area contributed by atoms with Crippen LogP contribution >= 0.6 is 11.6 Å². The molecule has 0 amide bonds. The minimum Gasteiger partial charge on any atom is -0.207 e. The molecule has 8 heteroatoms. The number of benzene rings is 2. The molecule has 0 spiro atoms. The highest BCUT2D eigenvalue weighted by Crippen LogP contribution is 2.21. The molecule has 0 fully saturated rings. The Kier molecular flexibility index (Phi) is 4.76. The SMILES string of the molecule is N#Cc1ccc(S(=O)(=O)NCc2c(F)ccc(Cl)c2F)cc1. The molecule has 0 bridgehead atoms. The molecular formula is C14H9ClF2N2O2S. The summed E-state index contributed by atoms with van der Waals surface area (Å²) in [5.74, 6) is -1.91. The van der Waals surface area contributed by atoms with Gasteiger partial charge in [-0.2, -0.15) is 5.26 Å². The maximum absolute atomic E-state index is 13.7. The van der Waals surface area contributed by atoms with Crippen LogP contribution in [0.4, 0.5) is 8.78 Å². The van der Waals surface area contributed by atoms with Crippen molar-refractivity contribution in [1.82, 2.24) is 4.72 Å². The summed E-state index contributed by atoms with van der Waals surface area (Å²) in [4.78, 5) is -0.116. The van der Waals surface area contributed by atoms with Crippen molar-refractivity contribution in [3.8, 4) is 6.07 Å². The average molecular weight is 343 g/mol. The fourth-order valence-electron chi connectivity index (χ4n) is 1.69. The maximum atomic E-state index is 13.7. The van der Waals surface area contributed by atoms with Crippen molar-refractivity contribution in [1.29, 1.82) is 5.26 Å². The predicted molar refractivity (Wildman–Crippen MR) is 76.6 cm³/mol. The third-order valence-corrected chi connectivity index (χ3v) is 4.58. The lowest BCUT2D eigenvalue weighted by Gasteiger charge is -2.09. The van der Waals surface area contributed by atoms with Gasteiger partial charge in [-0.15, -0.1) is 0 Å². The van der Waals surface area contributed by atoms with E-state index in [2.05, 4.69) is 4.72 Å². The van der Waals surface area contributed by atoms with Crippen molar-refractivity contribution >= 4 is 21.6 Å². The number of sulfonamides is 1. The first-order valence-corrected chi connectivity index (χ1v) is 7.83. The molecule has 0 aromatic heterocycles. The van der Waals surface area contributed by atoms with Gasteiger partial charge in [0.05, 0.1) is 21.6 Å². The summed E-state index contributed by atoms with van der Waals surface area (Å²) < 4.78 is 53.4. The van der Waals surface area contributed by atoms with Crippen molar-refractivity contribution in [2.75, 3.05) is 0 Å². The van der Waals surface area contributed by atoms with E-state index in [1.165, 1.54) is 24.3 Å². The Bertz CT molecular complexity index is 846. The second kappa shape index (κ2) is 6.40. The van der Waals surface area contributed by atoms with E-state index < -0.39 is 33.8 Å². The van der Waals surface area contributed by atoms with E-state index in [0.29, 0.717) is 5.56 Å². The van der Waals surface area contributed by atoms with Gasteiger partial charge in [0.1, 0.15) is 11.6 Å². The van der Waals surface area contributed by atoms with Crippen LogP contribution in [0.2, 0.25) is 5.02 Å². The highest BCUT2D eigenvalue weighted by atomic mass is 35.5. The first-order chi connectivity index (χ1) is 10.3. The number of hydrogen-bond acceptors (Lipinski definition) is 3. The van der Waals surface area contributed by atoms with E-state index in [4.69, 9.17) is 16.9 Å². The maximum Gasteiger partial charge on any atom is 0.240 e. The quantitative estimate of drug-likeness (QED) is 0.868. The Labute approximate surface area is 131 Å². The molecule has 0 unspecified atom stereocenters. The molecular weight excluding hydrogens is 334 g/mol. The van der Waals surface area contributed by atoms with Gasteiger partial charge in [-0.25, -0.2) is 21.9 Å². The van der Waals surface area contributed by atoms with Crippen molar-refractivity contribution in [3.05, 3.63) is 64.2 Å². The second-order valence-electron chi connectivity index (χ2n) is 4.28. The van der Waals surface area contributed by atoms with Gasteiger partial charge in [-0.3, -0.25) is 0 Å². The molecule has 0 radical (unpaired) electrons. The van der Waals surface area contributed by atoms with E-state index in [1.807, 2.05) is 6.07 Å². The van der Waals surface area contributed by atoms with Crippen LogP contribution in [0.1, 0.15) is 11.1 Å². The molecule has 1 N–H and O–H groups in total. The lowest BCUT2D eigenvalue weighted by atomic mass is 10.2. The number of hydrogen-bond donors (Lipinski definition) is 1. The Morgan fingerprint density at radius 3 is 2.36 bits per heavy atom. The smallest absolute Gasteiger partial charge is 0.207 e. The third-order valence-electron chi connectivity index (χ3n) is 2.87. The van der Waals surface area contributed by atoms with Crippen LogP contribution in [0.3, 0.4) is 0 Å². The van der Waals surface area contributed by atoms with Gasteiger partial charge >= 0.3 is 0 Å². The Morgan fingerprint density at radius 2 is 1.77 bits per heavy atom. The van der Waals surface area contributed by atoms with Gasteiger partial charge in [0.25, 0.3) is 0 Å². The molecule has 0 aliphatic rings. The van der Waals surface area contributed by atoms with Crippen LogP contribution in [0.5, 0.6) is 0 Å². The van der Waals surface area contributed by atoms with Gasteiger partial charge < -0.3 is 0 Å². The normalized spacial score (nSPS) is 11.2. The van der Waals surface area contributed by atoms with Gasteiger partial charge in [-0.1, -0.05) is 11.6 Å². The molecule has 2 rings (SSSR count). The summed E-state index contributed by atoms with van der Waals surface area (Å²) in [6, 6.07) is 8.97. The van der Waals surface area contributed by atoms with Crippen LogP contribution in [0.15, 0.2) is 41.3 Å². The highest BCUT2D eigenvalue weighted by Gasteiger charge is 2.18. The Hall–Kier alpha value is -2.01. The van der Waals surface area contributed by atoms with E-state index >= 15 is 0 Å². The predicted octanol–water partition coefficient (Wildman–Crippen LogP) is 2.97. The fraction of sp³-hybridized carbons (Fsp3) is 0.0714. The molecule has 2 aromatic carbocycles. The summed E-state index contributed by atoms with van der Waals surface area (Å²) in [5, 5.41) is 8.36. The van der Waals surface area contributed by atoms with Gasteiger partial charge in [0.15, 0.2) is 0 Å². The monoisotopic (exact) mass is 342 g/mol. The van der Waals surface area contributed by atoms with Crippen LogP contribution in [-0.4, -0.2) is 8.42 Å². The van der Waals surface area contributed by atoms with Crippen LogP contribution in [-0.2, 0) is 16.6 Å². The van der Waals surface area contributed by atoms with E-state index in [1.54, 1.807) is 0 Å². The lowest BCUT2D eigenvalue weighted by molar-refractivity contribution is 0.544. The summed E-state index contributed by atoms with van der Waals surface area (Å²) in [5.41, 5.74) is -0.171. The summed E-state index contributed by atoms with van der Waals surface area (Å²) in [6.07, 6.45) is 0. The minimum absolute atomic E-state index is 0.116. The Morgan fingerprint density at radius 1 is 1.14 bits per heavy atom. The van der Waals surface area contributed by atoms with Gasteiger partial charge in [-0.05, 0) is 36.4 Å². The molecule has 22 heavy (non-hydrogen) atoms. The van der Waals surface area contributed by atoms with Crippen LogP contribution < -0.4 is 4.72 Å². The number of nitrogens with one attached hydrogen (secondary N) is 1. The largest absolute Gasteiger partial charge is 0.240 e. The van der Waals surface area contributed by atoms with Crippen molar-refractivity contribution in [2.45, 2.75) is 11.4 Å². The van der Waals surface area contributed by atoms with E-state index in [-0.39, 0.29) is 9.92 Å². The zero-order valence-corrected chi connectivity index (χ0v) is 12.5. The number of halogens is 3. The number of nitriles is 1. The molecule has 0 saturated heterocycles. The number of rotatable bonds is 4. The molecule has 0 aliphatic heterocycles. The highest BCUT2D eigenvalue weighted by molar-refractivity contribution is 7.89. The molecule has 0 aliphatic carbocycles. The van der Waals surface area contributed by atoms with Gasteiger partial charge in [0, 0.05) is 12.1 Å². The first-order valence-electron chi connectivity index (χ1n) is 5.97. The summed E-state index contributed by atoms with van der Waals surface area (Å²) in [7, 11) is -3.97. The molecule has 114 valence electrons. The average Bonchev–Trinajstić information content (AvgIpc) is 2.51. The topological polar surface area (TPSA) is 70.0 Å². The van der Waals surface area contributed by atoms with Crippen molar-refractivity contribution in [3.63, 3.8) is 0 Å². The van der Waals surface area contributed by atoms with E-state index in [0.717, 1.165) is 12.1 Å².